The molecule has 0 aromatic rings. The van der Waals surface area contributed by atoms with E-state index in [1.807, 2.05) is 0 Å². The van der Waals surface area contributed by atoms with Gasteiger partial charge in [0.15, 0.2) is 0 Å². The molecule has 1 unspecified atom stereocenters. The number of amides is 1. The molecule has 0 spiro atoms. The van der Waals surface area contributed by atoms with Crippen molar-refractivity contribution >= 4 is 11.9 Å². The zero-order valence-corrected chi connectivity index (χ0v) is 11.3. The normalized spacial score (nSPS) is 19.3. The first-order chi connectivity index (χ1) is 8.63. The number of nitrogens with zero attached hydrogens (tertiary/aromatic N) is 1. The molecule has 0 aromatic heterocycles. The summed E-state index contributed by atoms with van der Waals surface area (Å²) in [4.78, 5) is 24.3. The number of carbonyl (C=O) groups is 2. The predicted molar refractivity (Wildman–Crippen MR) is 67.1 cm³/mol. The van der Waals surface area contributed by atoms with Crippen molar-refractivity contribution in [3.63, 3.8) is 0 Å². The molecule has 0 saturated carbocycles. The molecule has 1 saturated heterocycles. The number of esters is 1. The molecule has 104 valence electrons. The highest BCUT2D eigenvalue weighted by atomic mass is 16.5. The van der Waals surface area contributed by atoms with Gasteiger partial charge >= 0.3 is 5.97 Å². The van der Waals surface area contributed by atoms with Crippen LogP contribution in [-0.2, 0) is 19.1 Å². The number of hydrogen-bond acceptors (Lipinski definition) is 4. The zero-order valence-electron chi connectivity index (χ0n) is 11.3. The minimum absolute atomic E-state index is 0.0174. The summed E-state index contributed by atoms with van der Waals surface area (Å²) >= 11 is 0. The van der Waals surface area contributed by atoms with Gasteiger partial charge in [-0.3, -0.25) is 9.59 Å². The first-order valence-electron chi connectivity index (χ1n) is 6.56. The van der Waals surface area contributed by atoms with Crippen LogP contribution in [-0.4, -0.2) is 50.2 Å². The van der Waals surface area contributed by atoms with Crippen LogP contribution in [0.25, 0.3) is 0 Å². The summed E-state index contributed by atoms with van der Waals surface area (Å²) in [7, 11) is 3.10. The number of methoxy groups -OCH3 is 1. The number of hydrogen-bond donors (Lipinski definition) is 0. The molecule has 1 atom stereocenters. The average molecular weight is 257 g/mol. The van der Waals surface area contributed by atoms with Crippen molar-refractivity contribution in [2.24, 2.45) is 0 Å². The maximum absolute atomic E-state index is 11.7. The third kappa shape index (κ3) is 5.49. The Balaban J connectivity index is 2.16. The Kier molecular flexibility index (Phi) is 6.72. The Hall–Kier alpha value is -1.10. The van der Waals surface area contributed by atoms with Gasteiger partial charge in [-0.2, -0.15) is 0 Å². The molecule has 0 N–H and O–H groups in total. The van der Waals surface area contributed by atoms with Gasteiger partial charge in [-0.05, 0) is 25.7 Å². The van der Waals surface area contributed by atoms with E-state index in [0.717, 1.165) is 25.9 Å². The van der Waals surface area contributed by atoms with Gasteiger partial charge in [0.1, 0.15) is 0 Å². The monoisotopic (exact) mass is 257 g/mol. The second kappa shape index (κ2) is 8.08. The van der Waals surface area contributed by atoms with Gasteiger partial charge in [-0.25, -0.2) is 0 Å². The van der Waals surface area contributed by atoms with E-state index in [1.54, 1.807) is 11.9 Å². The number of carbonyl (C=O) groups excluding carboxylic acids is 2. The second-order valence-corrected chi connectivity index (χ2v) is 4.67. The van der Waals surface area contributed by atoms with E-state index in [4.69, 9.17) is 4.74 Å². The van der Waals surface area contributed by atoms with Crippen LogP contribution < -0.4 is 0 Å². The lowest BCUT2D eigenvalue weighted by Crippen LogP contribution is -2.31. The second-order valence-electron chi connectivity index (χ2n) is 4.67. The summed E-state index contributed by atoms with van der Waals surface area (Å²) in [6, 6.07) is 0. The van der Waals surface area contributed by atoms with Crippen molar-refractivity contribution in [2.75, 3.05) is 27.3 Å². The molecule has 0 radical (unpaired) electrons. The van der Waals surface area contributed by atoms with E-state index < -0.39 is 0 Å². The lowest BCUT2D eigenvalue weighted by molar-refractivity contribution is -0.143. The van der Waals surface area contributed by atoms with Gasteiger partial charge in [0.05, 0.1) is 19.6 Å². The lowest BCUT2D eigenvalue weighted by Gasteiger charge is -2.25. The van der Waals surface area contributed by atoms with E-state index in [2.05, 4.69) is 4.74 Å². The van der Waals surface area contributed by atoms with Gasteiger partial charge in [0, 0.05) is 26.6 Å². The molecule has 1 heterocycles. The van der Waals surface area contributed by atoms with Gasteiger partial charge in [0.2, 0.25) is 5.91 Å². The first-order valence-corrected chi connectivity index (χ1v) is 6.56. The van der Waals surface area contributed by atoms with Crippen LogP contribution in [0.3, 0.4) is 0 Å². The van der Waals surface area contributed by atoms with E-state index >= 15 is 0 Å². The molecule has 18 heavy (non-hydrogen) atoms. The highest BCUT2D eigenvalue weighted by Gasteiger charge is 2.16. The minimum atomic E-state index is -0.340. The van der Waals surface area contributed by atoms with Crippen molar-refractivity contribution in [2.45, 2.75) is 44.6 Å². The zero-order chi connectivity index (χ0) is 13.4. The minimum Gasteiger partial charge on any atom is -0.469 e. The van der Waals surface area contributed by atoms with Crippen LogP contribution in [0.15, 0.2) is 0 Å². The number of rotatable bonds is 6. The molecule has 1 aliphatic rings. The van der Waals surface area contributed by atoms with Crippen LogP contribution >= 0.6 is 0 Å². The fourth-order valence-electron chi connectivity index (χ4n) is 2.00. The molecule has 5 nitrogen and oxygen atoms in total. The summed E-state index contributed by atoms with van der Waals surface area (Å²) < 4.78 is 10.1. The van der Waals surface area contributed by atoms with Crippen molar-refractivity contribution in [3.05, 3.63) is 0 Å². The molecule has 1 aliphatic heterocycles. The van der Waals surface area contributed by atoms with E-state index in [0.29, 0.717) is 6.54 Å². The van der Waals surface area contributed by atoms with Crippen LogP contribution in [0.4, 0.5) is 0 Å². The van der Waals surface area contributed by atoms with Gasteiger partial charge in [-0.15, -0.1) is 0 Å². The smallest absolute Gasteiger partial charge is 0.306 e. The Morgan fingerprint density at radius 1 is 1.33 bits per heavy atom. The third-order valence-electron chi connectivity index (χ3n) is 3.26. The molecular weight excluding hydrogens is 234 g/mol. The molecule has 0 aromatic carbocycles. The topological polar surface area (TPSA) is 55.8 Å². The summed E-state index contributed by atoms with van der Waals surface area (Å²) in [5, 5.41) is 0. The molecular formula is C13H23NO4. The lowest BCUT2D eigenvalue weighted by atomic mass is 10.1. The highest BCUT2D eigenvalue weighted by molar-refractivity contribution is 5.81. The maximum atomic E-state index is 11.7. The van der Waals surface area contributed by atoms with E-state index in [-0.39, 0.29) is 30.8 Å². The Labute approximate surface area is 108 Å². The average Bonchev–Trinajstić information content (AvgIpc) is 2.42. The van der Waals surface area contributed by atoms with Crippen molar-refractivity contribution in [1.82, 2.24) is 4.90 Å². The van der Waals surface area contributed by atoms with Crippen LogP contribution in [0.1, 0.15) is 38.5 Å². The highest BCUT2D eigenvalue weighted by Crippen LogP contribution is 2.15. The van der Waals surface area contributed by atoms with Crippen LogP contribution in [0.5, 0.6) is 0 Å². The Bertz CT molecular complexity index is 274. The molecule has 0 aliphatic carbocycles. The molecule has 0 bridgehead atoms. The summed E-state index contributed by atoms with van der Waals surface area (Å²) in [6.45, 7) is 1.52. The Morgan fingerprint density at radius 2 is 2.11 bits per heavy atom. The summed E-state index contributed by atoms with van der Waals surface area (Å²) in [6.07, 6.45) is 4.98. The van der Waals surface area contributed by atoms with Gasteiger partial charge in [-0.1, -0.05) is 0 Å². The number of ether oxygens (including phenoxy) is 2. The SMILES string of the molecule is COC(=O)CCC(=O)N(C)CCC1CCCCO1. The summed E-state index contributed by atoms with van der Waals surface area (Å²) in [5.41, 5.74) is 0. The summed E-state index contributed by atoms with van der Waals surface area (Å²) in [5.74, 6) is -0.358. The molecule has 5 heteroatoms. The molecule has 1 fully saturated rings. The van der Waals surface area contributed by atoms with Crippen molar-refractivity contribution in [1.29, 1.82) is 0 Å². The van der Waals surface area contributed by atoms with Gasteiger partial charge < -0.3 is 14.4 Å². The third-order valence-corrected chi connectivity index (χ3v) is 3.26. The maximum Gasteiger partial charge on any atom is 0.306 e. The van der Waals surface area contributed by atoms with Gasteiger partial charge in [0.25, 0.3) is 0 Å². The predicted octanol–water partition coefficient (Wildman–Crippen LogP) is 1.36. The Morgan fingerprint density at radius 3 is 2.72 bits per heavy atom. The quantitative estimate of drug-likeness (QED) is 0.674. The molecule has 1 amide bonds. The largest absolute Gasteiger partial charge is 0.469 e. The standard InChI is InChI=1S/C13H23NO4/c1-14(12(15)6-7-13(16)17-2)9-8-11-5-3-4-10-18-11/h11H,3-10H2,1-2H3. The van der Waals surface area contributed by atoms with Crippen molar-refractivity contribution < 1.29 is 19.1 Å². The van der Waals surface area contributed by atoms with Crippen molar-refractivity contribution in [3.8, 4) is 0 Å². The molecule has 1 rings (SSSR count). The fourth-order valence-corrected chi connectivity index (χ4v) is 2.00. The van der Waals surface area contributed by atoms with Crippen LogP contribution in [0, 0.1) is 0 Å². The van der Waals surface area contributed by atoms with E-state index in [1.165, 1.54) is 13.5 Å². The van der Waals surface area contributed by atoms with E-state index in [9.17, 15) is 9.59 Å². The fraction of sp³-hybridized carbons (Fsp3) is 0.846. The first kappa shape index (κ1) is 15.0. The van der Waals surface area contributed by atoms with Crippen LogP contribution in [0.2, 0.25) is 0 Å².